The van der Waals surface area contributed by atoms with Crippen LogP contribution >= 0.6 is 58.8 Å². The predicted molar refractivity (Wildman–Crippen MR) is 211 cm³/mol. The Morgan fingerprint density at radius 3 is 1.04 bits per heavy atom. The lowest BCUT2D eigenvalue weighted by Crippen LogP contribution is -1.94. The van der Waals surface area contributed by atoms with Gasteiger partial charge in [0.15, 0.2) is 0 Å². The first kappa shape index (κ1) is 38.1. The standard InChI is InChI=1S/C40H34O4S5/c1-23(2)37(41)45-29-13-9-11-27(19-29)33-21-31(47-39(43)25(5)6)15-17-35(33)49-36-18-16-32(48-40(44)26(7)8)22-34(36)28-12-10-14-30(20-28)46-38(42)24(3)4/h9-22H,1,3,5,7H2,2,4,6,8H3. The first-order chi connectivity index (χ1) is 23.2. The third-order valence-electron chi connectivity index (χ3n) is 6.65. The van der Waals surface area contributed by atoms with Crippen molar-refractivity contribution in [2.24, 2.45) is 0 Å². The fraction of sp³-hybridized carbons (Fsp3) is 0.100. The molecule has 0 saturated carbocycles. The summed E-state index contributed by atoms with van der Waals surface area (Å²) in [4.78, 5) is 55.1. The van der Waals surface area contributed by atoms with Gasteiger partial charge in [0.2, 0.25) is 20.5 Å². The monoisotopic (exact) mass is 738 g/mol. The molecule has 0 aliphatic rings. The molecule has 0 saturated heterocycles. The molecule has 4 aromatic rings. The molecule has 0 amide bonds. The minimum Gasteiger partial charge on any atom is -0.282 e. The van der Waals surface area contributed by atoms with E-state index in [1.165, 1.54) is 0 Å². The van der Waals surface area contributed by atoms with Crippen molar-refractivity contribution in [2.75, 3.05) is 0 Å². The number of carbonyl (C=O) groups excluding carboxylic acids is 4. The van der Waals surface area contributed by atoms with Crippen LogP contribution in [-0.4, -0.2) is 20.5 Å². The van der Waals surface area contributed by atoms with Gasteiger partial charge in [0.1, 0.15) is 0 Å². The van der Waals surface area contributed by atoms with Crippen molar-refractivity contribution >= 4 is 79.3 Å². The molecule has 0 spiro atoms. The van der Waals surface area contributed by atoms with Crippen molar-refractivity contribution in [1.82, 2.24) is 0 Å². The second kappa shape index (κ2) is 17.3. The normalized spacial score (nSPS) is 10.7. The van der Waals surface area contributed by atoms with Crippen LogP contribution in [0.1, 0.15) is 27.7 Å². The van der Waals surface area contributed by atoms with Gasteiger partial charge in [-0.15, -0.1) is 0 Å². The van der Waals surface area contributed by atoms with Crippen molar-refractivity contribution in [3.8, 4) is 22.3 Å². The van der Waals surface area contributed by atoms with Gasteiger partial charge in [0.25, 0.3) is 0 Å². The highest BCUT2D eigenvalue weighted by molar-refractivity contribution is 8.15. The smallest absolute Gasteiger partial charge is 0.219 e. The molecule has 0 aromatic heterocycles. The minimum atomic E-state index is -0.120. The summed E-state index contributed by atoms with van der Waals surface area (Å²) in [6.07, 6.45) is 0. The molecule has 248 valence electrons. The number of carbonyl (C=O) groups is 4. The summed E-state index contributed by atoms with van der Waals surface area (Å²) in [6, 6.07) is 27.2. The van der Waals surface area contributed by atoms with E-state index in [9.17, 15) is 19.2 Å². The van der Waals surface area contributed by atoms with Gasteiger partial charge in [-0.1, -0.05) is 62.3 Å². The van der Waals surface area contributed by atoms with E-state index in [1.54, 1.807) is 39.5 Å². The molecule has 0 aliphatic heterocycles. The first-order valence-corrected chi connectivity index (χ1v) is 19.0. The molecule has 4 aromatic carbocycles. The maximum Gasteiger partial charge on any atom is 0.219 e. The van der Waals surface area contributed by atoms with Gasteiger partial charge < -0.3 is 0 Å². The highest BCUT2D eigenvalue weighted by atomic mass is 32.2. The van der Waals surface area contributed by atoms with Crippen LogP contribution in [0.5, 0.6) is 0 Å². The maximum absolute atomic E-state index is 12.6. The lowest BCUT2D eigenvalue weighted by molar-refractivity contribution is -0.108. The average molecular weight is 739 g/mol. The van der Waals surface area contributed by atoms with Gasteiger partial charge in [-0.2, -0.15) is 0 Å². The molecule has 0 unspecified atom stereocenters. The topological polar surface area (TPSA) is 68.3 Å². The Hall–Kier alpha value is -3.73. The van der Waals surface area contributed by atoms with Crippen molar-refractivity contribution in [1.29, 1.82) is 0 Å². The Morgan fingerprint density at radius 1 is 0.429 bits per heavy atom. The van der Waals surface area contributed by atoms with E-state index >= 15 is 0 Å². The van der Waals surface area contributed by atoms with Crippen molar-refractivity contribution < 1.29 is 19.2 Å². The van der Waals surface area contributed by atoms with Crippen molar-refractivity contribution in [2.45, 2.75) is 57.1 Å². The van der Waals surface area contributed by atoms with E-state index in [0.717, 1.165) is 98.7 Å². The van der Waals surface area contributed by atoms with E-state index in [1.807, 2.05) is 84.9 Å². The Balaban J connectivity index is 1.85. The molecule has 0 radical (unpaired) electrons. The minimum absolute atomic E-state index is 0.110. The molecule has 9 heteroatoms. The Kier molecular flexibility index (Phi) is 13.4. The fourth-order valence-corrected chi connectivity index (χ4v) is 8.05. The van der Waals surface area contributed by atoms with Gasteiger partial charge in [-0.05, 0) is 180 Å². The lowest BCUT2D eigenvalue weighted by Gasteiger charge is -2.16. The first-order valence-electron chi connectivity index (χ1n) is 14.9. The molecule has 0 N–H and O–H groups in total. The number of hydrogen-bond donors (Lipinski definition) is 0. The molecule has 0 fully saturated rings. The van der Waals surface area contributed by atoms with Crippen LogP contribution in [0.15, 0.2) is 163 Å². The van der Waals surface area contributed by atoms with E-state index in [0.29, 0.717) is 22.3 Å². The van der Waals surface area contributed by atoms with Crippen molar-refractivity contribution in [3.63, 3.8) is 0 Å². The molecule has 0 aliphatic carbocycles. The molecule has 4 rings (SSSR count). The van der Waals surface area contributed by atoms with E-state index in [2.05, 4.69) is 26.3 Å². The molecule has 0 atom stereocenters. The fourth-order valence-electron chi connectivity index (χ4n) is 4.12. The van der Waals surface area contributed by atoms with Gasteiger partial charge in [0, 0.05) is 29.4 Å². The second-order valence-electron chi connectivity index (χ2n) is 11.2. The summed E-state index contributed by atoms with van der Waals surface area (Å²) in [5.41, 5.74) is 5.37. The van der Waals surface area contributed by atoms with Gasteiger partial charge in [-0.25, -0.2) is 0 Å². The predicted octanol–water partition coefficient (Wildman–Crippen LogP) is 12.0. The molecule has 49 heavy (non-hydrogen) atoms. The summed E-state index contributed by atoms with van der Waals surface area (Å²) < 4.78 is 0. The molecular formula is C40H34O4S5. The van der Waals surface area contributed by atoms with Gasteiger partial charge in [0.05, 0.1) is 0 Å². The highest BCUT2D eigenvalue weighted by Gasteiger charge is 2.17. The largest absolute Gasteiger partial charge is 0.282 e. The summed E-state index contributed by atoms with van der Waals surface area (Å²) in [7, 11) is 0. The van der Waals surface area contributed by atoms with E-state index < -0.39 is 0 Å². The quantitative estimate of drug-likeness (QED) is 0.104. The van der Waals surface area contributed by atoms with Crippen molar-refractivity contribution in [3.05, 3.63) is 134 Å². The van der Waals surface area contributed by atoms with Crippen LogP contribution in [-0.2, 0) is 19.2 Å². The second-order valence-corrected chi connectivity index (χ2v) is 16.4. The van der Waals surface area contributed by atoms with Crippen LogP contribution in [0.2, 0.25) is 0 Å². The zero-order chi connectivity index (χ0) is 35.8. The number of thioether (sulfide) groups is 4. The molecule has 0 heterocycles. The highest BCUT2D eigenvalue weighted by Crippen LogP contribution is 2.44. The SMILES string of the molecule is C=C(C)C(=O)Sc1cccc(-c2cc(SC(=O)C(=C)C)ccc2Sc2ccc(SC(=O)C(=C)C)cc2-c2cccc(SC(=O)C(=C)C)c2)c1. The van der Waals surface area contributed by atoms with E-state index in [4.69, 9.17) is 0 Å². The maximum atomic E-state index is 12.6. The zero-order valence-electron chi connectivity index (χ0n) is 27.6. The summed E-state index contributed by atoms with van der Waals surface area (Å²) in [5.74, 6) is 0. The van der Waals surface area contributed by atoms with E-state index in [-0.39, 0.29) is 20.5 Å². The Morgan fingerprint density at radius 2 is 0.735 bits per heavy atom. The summed E-state index contributed by atoms with van der Waals surface area (Å²) in [6.45, 7) is 21.9. The number of hydrogen-bond acceptors (Lipinski definition) is 9. The third kappa shape index (κ3) is 10.6. The summed E-state index contributed by atoms with van der Waals surface area (Å²) >= 11 is 6.02. The Bertz CT molecular complexity index is 1900. The van der Waals surface area contributed by atoms with Crippen LogP contribution in [0.4, 0.5) is 0 Å². The molecular weight excluding hydrogens is 705 g/mol. The molecule has 0 bridgehead atoms. The Labute approximate surface area is 309 Å². The number of benzene rings is 4. The van der Waals surface area contributed by atoms with Gasteiger partial charge in [-0.3, -0.25) is 19.2 Å². The van der Waals surface area contributed by atoms with Crippen LogP contribution in [0, 0.1) is 0 Å². The molecule has 4 nitrogen and oxygen atoms in total. The van der Waals surface area contributed by atoms with Crippen LogP contribution in [0.3, 0.4) is 0 Å². The lowest BCUT2D eigenvalue weighted by atomic mass is 10.1. The van der Waals surface area contributed by atoms with Gasteiger partial charge >= 0.3 is 0 Å². The number of rotatable bonds is 12. The van der Waals surface area contributed by atoms with Crippen LogP contribution < -0.4 is 0 Å². The van der Waals surface area contributed by atoms with Crippen LogP contribution in [0.25, 0.3) is 22.3 Å². The third-order valence-corrected chi connectivity index (χ3v) is 11.9. The zero-order valence-corrected chi connectivity index (χ0v) is 31.7. The average Bonchev–Trinajstić information content (AvgIpc) is 3.06. The summed E-state index contributed by atoms with van der Waals surface area (Å²) in [5, 5.41) is -0.460.